The van der Waals surface area contributed by atoms with Gasteiger partial charge in [-0.3, -0.25) is 0 Å². The van der Waals surface area contributed by atoms with Crippen molar-refractivity contribution < 1.29 is 17.9 Å². The minimum absolute atomic E-state index is 0.134. The lowest BCUT2D eigenvalue weighted by Gasteiger charge is -2.30. The molecule has 0 bridgehead atoms. The number of ether oxygens (including phenoxy) is 1. The van der Waals surface area contributed by atoms with Crippen molar-refractivity contribution in [2.75, 3.05) is 6.61 Å². The van der Waals surface area contributed by atoms with Crippen LogP contribution in [0, 0.1) is 11.6 Å². The minimum Gasteiger partial charge on any atom is -0.494 e. The first-order valence-electron chi connectivity index (χ1n) is 9.79. The topological polar surface area (TPSA) is 9.23 Å². The Balaban J connectivity index is 1.77. The van der Waals surface area contributed by atoms with Gasteiger partial charge in [-0.1, -0.05) is 62.6 Å². The lowest BCUT2D eigenvalue weighted by Crippen LogP contribution is -2.23. The molecule has 1 aliphatic carbocycles. The van der Waals surface area contributed by atoms with Crippen LogP contribution in [0.3, 0.4) is 0 Å². The summed E-state index contributed by atoms with van der Waals surface area (Å²) in [5, 5.41) is 0. The lowest BCUT2D eigenvalue weighted by molar-refractivity contribution is 0.249. The van der Waals surface area contributed by atoms with Crippen LogP contribution in [-0.4, -0.2) is 6.61 Å². The summed E-state index contributed by atoms with van der Waals surface area (Å²) in [6.07, 6.45) is 9.73. The summed E-state index contributed by atoms with van der Waals surface area (Å²) in [5.41, 5.74) is -0.686. The number of unbranched alkanes of at least 4 members (excludes halogenated alkanes) is 3. The number of hydrogen-bond acceptors (Lipinski definition) is 1. The van der Waals surface area contributed by atoms with Crippen molar-refractivity contribution in [1.29, 1.82) is 0 Å². The smallest absolute Gasteiger partial charge is 0.165 e. The van der Waals surface area contributed by atoms with Gasteiger partial charge in [0.1, 0.15) is 5.75 Å². The van der Waals surface area contributed by atoms with Gasteiger partial charge in [0.15, 0.2) is 17.3 Å². The molecule has 0 saturated heterocycles. The number of hydrogen-bond donors (Lipinski definition) is 0. The number of alkyl halides is 1. The number of allylic oxidation sites excluding steroid dienone is 4. The molecule has 1 nitrogen and oxygen atoms in total. The van der Waals surface area contributed by atoms with E-state index in [2.05, 4.69) is 6.92 Å². The number of halogens is 3. The van der Waals surface area contributed by atoms with E-state index in [0.29, 0.717) is 29.1 Å². The van der Waals surface area contributed by atoms with E-state index < -0.39 is 17.3 Å². The van der Waals surface area contributed by atoms with E-state index in [-0.39, 0.29) is 6.42 Å². The second-order valence-electron chi connectivity index (χ2n) is 7.08. The first kappa shape index (κ1) is 20.2. The predicted molar refractivity (Wildman–Crippen MR) is 107 cm³/mol. The van der Waals surface area contributed by atoms with E-state index in [9.17, 15) is 8.78 Å². The van der Waals surface area contributed by atoms with Crippen LogP contribution in [0.25, 0.3) is 5.57 Å². The van der Waals surface area contributed by atoms with Crippen molar-refractivity contribution in [3.8, 4) is 5.75 Å². The highest BCUT2D eigenvalue weighted by Gasteiger charge is 2.37. The van der Waals surface area contributed by atoms with Gasteiger partial charge < -0.3 is 4.74 Å². The second-order valence-corrected chi connectivity index (χ2v) is 7.08. The molecule has 1 unspecified atom stereocenters. The Morgan fingerprint density at radius 1 is 0.964 bits per heavy atom. The van der Waals surface area contributed by atoms with Crippen molar-refractivity contribution >= 4 is 5.57 Å². The number of rotatable bonds is 8. The minimum atomic E-state index is -1.81. The molecule has 148 valence electrons. The largest absolute Gasteiger partial charge is 0.494 e. The molecule has 28 heavy (non-hydrogen) atoms. The van der Waals surface area contributed by atoms with E-state index in [1.54, 1.807) is 42.5 Å². The van der Waals surface area contributed by atoms with E-state index in [0.717, 1.165) is 25.0 Å². The van der Waals surface area contributed by atoms with E-state index >= 15 is 4.39 Å². The second kappa shape index (κ2) is 9.13. The van der Waals surface area contributed by atoms with Crippen molar-refractivity contribution in [3.63, 3.8) is 0 Å². The van der Waals surface area contributed by atoms with Gasteiger partial charge in [0.2, 0.25) is 0 Å². The van der Waals surface area contributed by atoms with Crippen LogP contribution in [0.5, 0.6) is 5.75 Å². The zero-order chi connectivity index (χ0) is 20.0. The predicted octanol–water partition coefficient (Wildman–Crippen LogP) is 7.13. The summed E-state index contributed by atoms with van der Waals surface area (Å²) < 4.78 is 48.7. The normalized spacial score (nSPS) is 18.8. The average molecular weight is 386 g/mol. The summed E-state index contributed by atoms with van der Waals surface area (Å²) in [6.45, 7) is 2.80. The maximum absolute atomic E-state index is 16.0. The molecule has 0 radical (unpaired) electrons. The van der Waals surface area contributed by atoms with Gasteiger partial charge in [-0.15, -0.1) is 0 Å². The average Bonchev–Trinajstić information content (AvgIpc) is 2.71. The van der Waals surface area contributed by atoms with Crippen LogP contribution in [0.4, 0.5) is 13.2 Å². The Labute approximate surface area is 164 Å². The molecule has 0 fully saturated rings. The molecule has 0 N–H and O–H groups in total. The van der Waals surface area contributed by atoms with E-state index in [1.807, 2.05) is 0 Å². The third-order valence-corrected chi connectivity index (χ3v) is 5.03. The van der Waals surface area contributed by atoms with Crippen LogP contribution < -0.4 is 4.74 Å². The molecule has 0 aromatic heterocycles. The maximum atomic E-state index is 16.0. The van der Waals surface area contributed by atoms with Crippen molar-refractivity contribution in [2.24, 2.45) is 0 Å². The van der Waals surface area contributed by atoms with Gasteiger partial charge in [0.05, 0.1) is 6.61 Å². The monoisotopic (exact) mass is 386 g/mol. The SMILES string of the molecule is CCCCCCOc1ccc(C2(F)CC=CC=C2c2ccc(F)c(F)c2)cc1. The van der Waals surface area contributed by atoms with Crippen LogP contribution in [0.1, 0.15) is 50.2 Å². The number of benzene rings is 2. The highest BCUT2D eigenvalue weighted by molar-refractivity contribution is 5.76. The van der Waals surface area contributed by atoms with Gasteiger partial charge in [-0.2, -0.15) is 0 Å². The van der Waals surface area contributed by atoms with Crippen molar-refractivity contribution in [3.05, 3.63) is 83.5 Å². The molecule has 3 rings (SSSR count). The molecular formula is C24H25F3O. The van der Waals surface area contributed by atoms with Crippen LogP contribution >= 0.6 is 0 Å². The van der Waals surface area contributed by atoms with Gasteiger partial charge in [-0.25, -0.2) is 13.2 Å². The summed E-state index contributed by atoms with van der Waals surface area (Å²) >= 11 is 0. The van der Waals surface area contributed by atoms with E-state index in [1.165, 1.54) is 18.9 Å². The van der Waals surface area contributed by atoms with Gasteiger partial charge in [0.25, 0.3) is 0 Å². The Hall–Kier alpha value is -2.49. The van der Waals surface area contributed by atoms with Crippen LogP contribution in [0.15, 0.2) is 60.7 Å². The standard InChI is InChI=1S/C24H25F3O/c1-2-3-4-7-16-28-20-12-10-19(11-13-20)24(27)15-6-5-8-21(24)18-9-14-22(25)23(26)17-18/h5-6,8-14,17H,2-4,7,15-16H2,1H3. The molecule has 0 heterocycles. The molecule has 0 amide bonds. The molecule has 1 aliphatic rings. The summed E-state index contributed by atoms with van der Waals surface area (Å²) in [7, 11) is 0. The van der Waals surface area contributed by atoms with Crippen molar-refractivity contribution in [1.82, 2.24) is 0 Å². The first-order chi connectivity index (χ1) is 13.5. The Kier molecular flexibility index (Phi) is 6.61. The molecule has 2 aromatic carbocycles. The van der Waals surface area contributed by atoms with Crippen LogP contribution in [-0.2, 0) is 5.67 Å². The Morgan fingerprint density at radius 3 is 2.46 bits per heavy atom. The van der Waals surface area contributed by atoms with E-state index in [4.69, 9.17) is 4.74 Å². The molecule has 2 aromatic rings. The first-order valence-corrected chi connectivity index (χ1v) is 9.79. The molecule has 0 aliphatic heterocycles. The highest BCUT2D eigenvalue weighted by atomic mass is 19.2. The fourth-order valence-corrected chi connectivity index (χ4v) is 3.43. The Morgan fingerprint density at radius 2 is 1.75 bits per heavy atom. The van der Waals surface area contributed by atoms with Crippen molar-refractivity contribution in [2.45, 2.75) is 44.7 Å². The van der Waals surface area contributed by atoms with Crippen LogP contribution in [0.2, 0.25) is 0 Å². The fraction of sp³-hybridized carbons (Fsp3) is 0.333. The quantitative estimate of drug-likeness (QED) is 0.438. The molecule has 4 heteroatoms. The lowest BCUT2D eigenvalue weighted by atomic mass is 9.79. The maximum Gasteiger partial charge on any atom is 0.165 e. The Bertz CT molecular complexity index is 855. The highest BCUT2D eigenvalue weighted by Crippen LogP contribution is 2.45. The third-order valence-electron chi connectivity index (χ3n) is 5.03. The fourth-order valence-electron chi connectivity index (χ4n) is 3.43. The third kappa shape index (κ3) is 4.49. The zero-order valence-corrected chi connectivity index (χ0v) is 16.1. The molecular weight excluding hydrogens is 361 g/mol. The molecule has 0 spiro atoms. The summed E-state index contributed by atoms with van der Waals surface area (Å²) in [4.78, 5) is 0. The summed E-state index contributed by atoms with van der Waals surface area (Å²) in [5.74, 6) is -1.23. The summed E-state index contributed by atoms with van der Waals surface area (Å²) in [6, 6.07) is 10.4. The van der Waals surface area contributed by atoms with Gasteiger partial charge in [-0.05, 0) is 41.8 Å². The zero-order valence-electron chi connectivity index (χ0n) is 16.1. The van der Waals surface area contributed by atoms with Gasteiger partial charge >= 0.3 is 0 Å². The van der Waals surface area contributed by atoms with Gasteiger partial charge in [0, 0.05) is 12.0 Å². The molecule has 0 saturated carbocycles. The molecule has 1 atom stereocenters.